The second-order valence-electron chi connectivity index (χ2n) is 4.87. The molecule has 0 aromatic carbocycles. The van der Waals surface area contributed by atoms with E-state index in [1.165, 1.54) is 0 Å². The van der Waals surface area contributed by atoms with Crippen LogP contribution in [0.5, 0.6) is 0 Å². The lowest BCUT2D eigenvalue weighted by Crippen LogP contribution is -2.30. The van der Waals surface area contributed by atoms with Crippen molar-refractivity contribution in [3.05, 3.63) is 17.5 Å². The van der Waals surface area contributed by atoms with Gasteiger partial charge in [-0.25, -0.2) is 8.42 Å². The third-order valence-electron chi connectivity index (χ3n) is 3.53. The number of hydrogen-bond acceptors (Lipinski definition) is 4. The van der Waals surface area contributed by atoms with Crippen LogP contribution in [0.15, 0.2) is 6.07 Å². The zero-order valence-corrected chi connectivity index (χ0v) is 11.8. The van der Waals surface area contributed by atoms with Crippen molar-refractivity contribution in [1.82, 2.24) is 15.1 Å². The lowest BCUT2D eigenvalue weighted by Gasteiger charge is -2.10. The fourth-order valence-corrected chi connectivity index (χ4v) is 4.16. The van der Waals surface area contributed by atoms with Gasteiger partial charge in [-0.2, -0.15) is 5.10 Å². The quantitative estimate of drug-likeness (QED) is 0.854. The van der Waals surface area contributed by atoms with E-state index in [9.17, 15) is 8.42 Å². The van der Waals surface area contributed by atoms with Crippen molar-refractivity contribution in [2.75, 3.05) is 12.3 Å². The van der Waals surface area contributed by atoms with Crippen LogP contribution in [0.1, 0.15) is 31.2 Å². The number of aryl methyl sites for hydroxylation is 2. The summed E-state index contributed by atoms with van der Waals surface area (Å²) < 4.78 is 25.2. The molecule has 2 heterocycles. The van der Waals surface area contributed by atoms with Gasteiger partial charge in [0, 0.05) is 20.1 Å². The van der Waals surface area contributed by atoms with Crippen molar-refractivity contribution >= 4 is 9.84 Å². The molecule has 1 aliphatic rings. The van der Waals surface area contributed by atoms with Crippen molar-refractivity contribution < 1.29 is 8.42 Å². The van der Waals surface area contributed by atoms with E-state index in [0.717, 1.165) is 30.7 Å². The molecule has 1 aromatic heterocycles. The lowest BCUT2D eigenvalue weighted by atomic mass is 10.2. The number of aromatic nitrogens is 2. The zero-order valence-electron chi connectivity index (χ0n) is 11.0. The first-order valence-electron chi connectivity index (χ1n) is 6.47. The highest BCUT2D eigenvalue weighted by Gasteiger charge is 2.30. The molecule has 0 radical (unpaired) electrons. The normalized spacial score (nSPS) is 22.4. The van der Waals surface area contributed by atoms with E-state index in [1.807, 2.05) is 11.7 Å². The highest BCUT2D eigenvalue weighted by molar-refractivity contribution is 7.92. The van der Waals surface area contributed by atoms with Gasteiger partial charge in [-0.3, -0.25) is 4.68 Å². The second kappa shape index (κ2) is 5.40. The van der Waals surface area contributed by atoms with Gasteiger partial charge in [-0.05, 0) is 25.3 Å². The van der Waals surface area contributed by atoms with Gasteiger partial charge < -0.3 is 5.32 Å². The maximum atomic E-state index is 11.7. The number of nitrogens with zero attached hydrogens (tertiary/aromatic N) is 2. The first-order valence-corrected chi connectivity index (χ1v) is 8.18. The molecule has 1 saturated heterocycles. The van der Waals surface area contributed by atoms with Gasteiger partial charge in [0.25, 0.3) is 0 Å². The Bertz CT molecular complexity index is 507. The minimum Gasteiger partial charge on any atom is -0.310 e. The Hall–Kier alpha value is -0.880. The predicted molar refractivity (Wildman–Crippen MR) is 71.1 cm³/mol. The summed E-state index contributed by atoms with van der Waals surface area (Å²) in [6.45, 7) is 3.30. The summed E-state index contributed by atoms with van der Waals surface area (Å²) in [7, 11) is -0.917. The Kier molecular flexibility index (Phi) is 4.07. The molecule has 1 aliphatic heterocycles. The Morgan fingerprint density at radius 3 is 2.89 bits per heavy atom. The smallest absolute Gasteiger partial charge is 0.154 e. The van der Waals surface area contributed by atoms with Crippen LogP contribution in [0.3, 0.4) is 0 Å². The topological polar surface area (TPSA) is 64.0 Å². The first kappa shape index (κ1) is 13.5. The predicted octanol–water partition coefficient (Wildman–Crippen LogP) is 0.649. The Balaban J connectivity index is 1.87. The summed E-state index contributed by atoms with van der Waals surface area (Å²) in [5.41, 5.74) is 2.17. The van der Waals surface area contributed by atoms with Gasteiger partial charge >= 0.3 is 0 Å². The van der Waals surface area contributed by atoms with E-state index < -0.39 is 9.84 Å². The average Bonchev–Trinajstić information content (AvgIpc) is 2.83. The van der Waals surface area contributed by atoms with E-state index in [-0.39, 0.29) is 5.25 Å². The summed E-state index contributed by atoms with van der Waals surface area (Å²) in [6, 6.07) is 2.07. The Morgan fingerprint density at radius 2 is 2.33 bits per heavy atom. The van der Waals surface area contributed by atoms with Crippen molar-refractivity contribution in [2.24, 2.45) is 7.05 Å². The van der Waals surface area contributed by atoms with Crippen molar-refractivity contribution in [3.8, 4) is 0 Å². The number of nitrogens with one attached hydrogen (secondary N) is 1. The monoisotopic (exact) mass is 271 g/mol. The van der Waals surface area contributed by atoms with Crippen LogP contribution in [-0.4, -0.2) is 35.7 Å². The standard InChI is InChI=1S/C12H21N3O2S/c1-3-10-7-11(15(2)14-10)8-13-9-12-5-4-6-18(12,16)17/h7,12-13H,3-6,8-9H2,1-2H3. The van der Waals surface area contributed by atoms with Crippen molar-refractivity contribution in [1.29, 1.82) is 0 Å². The fourth-order valence-electron chi connectivity index (χ4n) is 2.36. The molecule has 0 bridgehead atoms. The third kappa shape index (κ3) is 2.92. The molecule has 0 spiro atoms. The number of rotatable bonds is 5. The van der Waals surface area contributed by atoms with E-state index in [4.69, 9.17) is 0 Å². The summed E-state index contributed by atoms with van der Waals surface area (Å²) >= 11 is 0. The minimum absolute atomic E-state index is 0.198. The van der Waals surface area contributed by atoms with Crippen LogP contribution in [-0.2, 0) is 29.9 Å². The molecule has 6 heteroatoms. The van der Waals surface area contributed by atoms with Crippen LogP contribution in [0.25, 0.3) is 0 Å². The molecule has 1 atom stereocenters. The summed E-state index contributed by atoms with van der Waals surface area (Å²) in [5.74, 6) is 0.352. The third-order valence-corrected chi connectivity index (χ3v) is 5.81. The molecule has 0 aliphatic carbocycles. The molecule has 0 amide bonds. The lowest BCUT2D eigenvalue weighted by molar-refractivity contribution is 0.566. The van der Waals surface area contributed by atoms with E-state index in [0.29, 0.717) is 18.8 Å². The Labute approximate surface area is 108 Å². The first-order chi connectivity index (χ1) is 8.53. The van der Waals surface area contributed by atoms with Crippen LogP contribution in [0.2, 0.25) is 0 Å². The second-order valence-corrected chi connectivity index (χ2v) is 7.27. The molecule has 2 rings (SSSR count). The van der Waals surface area contributed by atoms with Crippen LogP contribution < -0.4 is 5.32 Å². The highest BCUT2D eigenvalue weighted by atomic mass is 32.2. The summed E-state index contributed by atoms with van der Waals surface area (Å²) in [5, 5.41) is 7.41. The van der Waals surface area contributed by atoms with E-state index in [2.05, 4.69) is 23.4 Å². The molecule has 1 N–H and O–H groups in total. The molecule has 18 heavy (non-hydrogen) atoms. The molecule has 1 fully saturated rings. The molecule has 0 saturated carbocycles. The van der Waals surface area contributed by atoms with Crippen LogP contribution in [0.4, 0.5) is 0 Å². The van der Waals surface area contributed by atoms with E-state index >= 15 is 0 Å². The van der Waals surface area contributed by atoms with E-state index in [1.54, 1.807) is 0 Å². The minimum atomic E-state index is -2.84. The zero-order chi connectivity index (χ0) is 13.2. The molecular formula is C12H21N3O2S. The maximum absolute atomic E-state index is 11.7. The van der Waals surface area contributed by atoms with Crippen LogP contribution in [0, 0.1) is 0 Å². The molecule has 1 unspecified atom stereocenters. The van der Waals surface area contributed by atoms with Gasteiger partial charge in [0.1, 0.15) is 0 Å². The largest absolute Gasteiger partial charge is 0.310 e. The number of hydrogen-bond donors (Lipinski definition) is 1. The fraction of sp³-hybridized carbons (Fsp3) is 0.750. The molecule has 5 nitrogen and oxygen atoms in total. The SMILES string of the molecule is CCc1cc(CNCC2CCCS2(=O)=O)n(C)n1. The highest BCUT2D eigenvalue weighted by Crippen LogP contribution is 2.19. The molecule has 1 aromatic rings. The summed E-state index contributed by atoms with van der Waals surface area (Å²) in [6.07, 6.45) is 2.52. The van der Waals surface area contributed by atoms with Crippen molar-refractivity contribution in [2.45, 2.75) is 38.0 Å². The van der Waals surface area contributed by atoms with Crippen molar-refractivity contribution in [3.63, 3.8) is 0 Å². The van der Waals surface area contributed by atoms with Crippen LogP contribution >= 0.6 is 0 Å². The van der Waals surface area contributed by atoms with Gasteiger partial charge in [-0.15, -0.1) is 0 Å². The van der Waals surface area contributed by atoms with Gasteiger partial charge in [0.15, 0.2) is 9.84 Å². The van der Waals surface area contributed by atoms with Gasteiger partial charge in [0.2, 0.25) is 0 Å². The molecular weight excluding hydrogens is 250 g/mol. The number of sulfone groups is 1. The van der Waals surface area contributed by atoms with Gasteiger partial charge in [0.05, 0.1) is 22.4 Å². The Morgan fingerprint density at radius 1 is 1.56 bits per heavy atom. The van der Waals surface area contributed by atoms with Gasteiger partial charge in [-0.1, -0.05) is 6.92 Å². The molecule has 102 valence electrons. The average molecular weight is 271 g/mol. The maximum Gasteiger partial charge on any atom is 0.154 e. The summed E-state index contributed by atoms with van der Waals surface area (Å²) in [4.78, 5) is 0.